The van der Waals surface area contributed by atoms with Crippen molar-refractivity contribution in [2.75, 3.05) is 0 Å². The van der Waals surface area contributed by atoms with E-state index in [2.05, 4.69) is 41.5 Å². The first-order chi connectivity index (χ1) is 6.40. The Morgan fingerprint density at radius 2 is 1.86 bits per heavy atom. The lowest BCUT2D eigenvalue weighted by molar-refractivity contribution is 0.135. The highest BCUT2D eigenvalue weighted by molar-refractivity contribution is 5.13. The Hall–Kier alpha value is -0.130. The molecule has 0 heterocycles. The van der Waals surface area contributed by atoms with Crippen LogP contribution in [-0.4, -0.2) is 0 Å². The minimum Gasteiger partial charge on any atom is -0.0648 e. The summed E-state index contributed by atoms with van der Waals surface area (Å²) in [7, 11) is 0. The summed E-state index contributed by atoms with van der Waals surface area (Å²) in [4.78, 5) is 0. The van der Waals surface area contributed by atoms with E-state index >= 15 is 0 Å². The molecule has 82 valence electrons. The fourth-order valence-corrected chi connectivity index (χ4v) is 2.96. The lowest BCUT2D eigenvalue weighted by Crippen LogP contribution is -2.28. The first kappa shape index (κ1) is 11.9. The number of rotatable bonds is 5. The van der Waals surface area contributed by atoms with E-state index in [1.807, 2.05) is 0 Å². The van der Waals surface area contributed by atoms with Gasteiger partial charge in [0.2, 0.25) is 0 Å². The summed E-state index contributed by atoms with van der Waals surface area (Å²) >= 11 is 0. The van der Waals surface area contributed by atoms with Crippen LogP contribution in [0.4, 0.5) is 0 Å². The molecule has 0 radical (unpaired) electrons. The molecular formula is C14H27+. The van der Waals surface area contributed by atoms with Gasteiger partial charge in [-0.3, -0.25) is 0 Å². The van der Waals surface area contributed by atoms with Gasteiger partial charge < -0.3 is 0 Å². The molecule has 1 aliphatic rings. The minimum absolute atomic E-state index is 0.566. The normalized spacial score (nSPS) is 27.6. The SMILES string of the molecule is CCC(C)(CC(C)C)C(C)C1C[C+]1C. The highest BCUT2D eigenvalue weighted by Gasteiger charge is 2.55. The molecule has 3 unspecified atom stereocenters. The molecule has 0 aliphatic heterocycles. The molecule has 0 amide bonds. The van der Waals surface area contributed by atoms with Crippen LogP contribution in [0.3, 0.4) is 0 Å². The van der Waals surface area contributed by atoms with Crippen LogP contribution in [0.2, 0.25) is 0 Å². The molecule has 1 saturated carbocycles. The summed E-state index contributed by atoms with van der Waals surface area (Å²) in [5.74, 6) is 4.40. The highest BCUT2D eigenvalue weighted by atomic mass is 14.5. The molecule has 0 aromatic carbocycles. The van der Waals surface area contributed by atoms with E-state index in [0.29, 0.717) is 5.41 Å². The quantitative estimate of drug-likeness (QED) is 0.558. The third kappa shape index (κ3) is 2.46. The second-order valence-corrected chi connectivity index (χ2v) is 6.05. The zero-order valence-electron chi connectivity index (χ0n) is 10.9. The van der Waals surface area contributed by atoms with E-state index in [0.717, 1.165) is 17.8 Å². The van der Waals surface area contributed by atoms with Gasteiger partial charge in [-0.05, 0) is 17.8 Å². The van der Waals surface area contributed by atoms with Crippen LogP contribution < -0.4 is 0 Å². The fourth-order valence-electron chi connectivity index (χ4n) is 2.96. The van der Waals surface area contributed by atoms with Gasteiger partial charge in [0.05, 0.1) is 12.8 Å². The summed E-state index contributed by atoms with van der Waals surface area (Å²) in [5.41, 5.74) is 0.566. The second-order valence-electron chi connectivity index (χ2n) is 6.05. The van der Waals surface area contributed by atoms with Crippen LogP contribution >= 0.6 is 0 Å². The average molecular weight is 195 g/mol. The second kappa shape index (κ2) is 4.16. The third-order valence-electron chi connectivity index (χ3n) is 4.40. The van der Waals surface area contributed by atoms with E-state index in [4.69, 9.17) is 0 Å². The Balaban J connectivity index is 2.58. The Bertz CT molecular complexity index is 182. The standard InChI is InChI=1S/C14H27/c1-7-14(6,9-10(2)3)12(5)13-8-11(13)4/h10,12-13H,7-9H2,1-6H3/q+1. The topological polar surface area (TPSA) is 0 Å². The molecule has 0 aromatic rings. The van der Waals surface area contributed by atoms with Crippen molar-refractivity contribution in [3.63, 3.8) is 0 Å². The maximum atomic E-state index is 2.49. The van der Waals surface area contributed by atoms with Crippen molar-refractivity contribution in [1.82, 2.24) is 0 Å². The molecular weight excluding hydrogens is 168 g/mol. The predicted octanol–water partition coefficient (Wildman–Crippen LogP) is 4.70. The fraction of sp³-hybridized carbons (Fsp3) is 0.929. The van der Waals surface area contributed by atoms with Gasteiger partial charge in [-0.2, -0.15) is 0 Å². The van der Waals surface area contributed by atoms with Crippen molar-refractivity contribution >= 4 is 0 Å². The highest BCUT2D eigenvalue weighted by Crippen LogP contribution is 2.54. The van der Waals surface area contributed by atoms with Gasteiger partial charge in [0.1, 0.15) is 12.3 Å². The third-order valence-corrected chi connectivity index (χ3v) is 4.40. The van der Waals surface area contributed by atoms with E-state index in [-0.39, 0.29) is 0 Å². The summed E-state index contributed by atoms with van der Waals surface area (Å²) in [6.07, 6.45) is 4.11. The van der Waals surface area contributed by atoms with Crippen LogP contribution in [0.5, 0.6) is 0 Å². The van der Waals surface area contributed by atoms with Gasteiger partial charge in [-0.1, -0.05) is 41.0 Å². The van der Waals surface area contributed by atoms with Crippen LogP contribution in [0, 0.1) is 29.1 Å². The first-order valence-corrected chi connectivity index (χ1v) is 6.23. The molecule has 0 heteroatoms. The molecule has 1 aliphatic carbocycles. The molecule has 0 N–H and O–H groups in total. The Labute approximate surface area is 90.5 Å². The number of hydrogen-bond donors (Lipinski definition) is 0. The molecule has 0 bridgehead atoms. The van der Waals surface area contributed by atoms with E-state index in [1.54, 1.807) is 5.92 Å². The van der Waals surface area contributed by atoms with E-state index in [1.165, 1.54) is 19.3 Å². The smallest absolute Gasteiger partial charge is 0.0648 e. The summed E-state index contributed by atoms with van der Waals surface area (Å²) in [5, 5.41) is 0. The molecule has 0 nitrogen and oxygen atoms in total. The molecule has 0 spiro atoms. The van der Waals surface area contributed by atoms with Crippen LogP contribution in [0.1, 0.15) is 60.8 Å². The summed E-state index contributed by atoms with van der Waals surface area (Å²) in [6, 6.07) is 0. The maximum Gasteiger partial charge on any atom is 0.143 e. The molecule has 3 atom stereocenters. The van der Waals surface area contributed by atoms with Crippen LogP contribution in [0.15, 0.2) is 0 Å². The molecule has 0 aromatic heterocycles. The van der Waals surface area contributed by atoms with Crippen molar-refractivity contribution in [2.45, 2.75) is 60.8 Å². The first-order valence-electron chi connectivity index (χ1n) is 6.23. The van der Waals surface area contributed by atoms with Gasteiger partial charge >= 0.3 is 0 Å². The van der Waals surface area contributed by atoms with Crippen LogP contribution in [-0.2, 0) is 0 Å². The summed E-state index contributed by atoms with van der Waals surface area (Å²) < 4.78 is 0. The van der Waals surface area contributed by atoms with Crippen molar-refractivity contribution in [2.24, 2.45) is 23.2 Å². The van der Waals surface area contributed by atoms with Crippen molar-refractivity contribution in [3.05, 3.63) is 5.92 Å². The van der Waals surface area contributed by atoms with Crippen LogP contribution in [0.25, 0.3) is 0 Å². The van der Waals surface area contributed by atoms with Gasteiger partial charge in [-0.25, -0.2) is 0 Å². The molecule has 1 rings (SSSR count). The lowest BCUT2D eigenvalue weighted by atomic mass is 9.68. The molecule has 0 saturated heterocycles. The van der Waals surface area contributed by atoms with Gasteiger partial charge in [0, 0.05) is 5.92 Å². The zero-order chi connectivity index (χ0) is 10.9. The average Bonchev–Trinajstić information content (AvgIpc) is 2.80. The zero-order valence-corrected chi connectivity index (χ0v) is 10.9. The van der Waals surface area contributed by atoms with E-state index < -0.39 is 0 Å². The van der Waals surface area contributed by atoms with Gasteiger partial charge in [0.15, 0.2) is 0 Å². The predicted molar refractivity (Wildman–Crippen MR) is 64.0 cm³/mol. The molecule has 14 heavy (non-hydrogen) atoms. The van der Waals surface area contributed by atoms with Crippen molar-refractivity contribution < 1.29 is 0 Å². The monoisotopic (exact) mass is 195 g/mol. The van der Waals surface area contributed by atoms with E-state index in [9.17, 15) is 0 Å². The minimum atomic E-state index is 0.566. The Kier molecular flexibility index (Phi) is 3.55. The Morgan fingerprint density at radius 3 is 2.14 bits per heavy atom. The Morgan fingerprint density at radius 1 is 1.36 bits per heavy atom. The number of hydrogen-bond acceptors (Lipinski definition) is 0. The lowest BCUT2D eigenvalue weighted by Gasteiger charge is -2.35. The van der Waals surface area contributed by atoms with Gasteiger partial charge in [0.25, 0.3) is 0 Å². The molecule has 1 fully saturated rings. The van der Waals surface area contributed by atoms with Gasteiger partial charge in [-0.15, -0.1) is 0 Å². The largest absolute Gasteiger partial charge is 0.143 e. The van der Waals surface area contributed by atoms with Crippen molar-refractivity contribution in [3.8, 4) is 0 Å². The van der Waals surface area contributed by atoms with Crippen molar-refractivity contribution in [1.29, 1.82) is 0 Å². The summed E-state index contributed by atoms with van der Waals surface area (Å²) in [6.45, 7) is 14.3. The maximum absolute atomic E-state index is 2.49.